The third-order valence-electron chi connectivity index (χ3n) is 1.93. The Balaban J connectivity index is 0.000000509. The maximum absolute atomic E-state index is 5.80. The van der Waals surface area contributed by atoms with Crippen LogP contribution in [0.1, 0.15) is 33.4 Å². The highest BCUT2D eigenvalue weighted by Gasteiger charge is 1.96. The highest BCUT2D eigenvalue weighted by Crippen LogP contribution is 2.19. The Morgan fingerprint density at radius 2 is 1.69 bits per heavy atom. The fourth-order valence-electron chi connectivity index (χ4n) is 1.30. The molecule has 0 saturated carbocycles. The molecule has 0 aliphatic rings. The van der Waals surface area contributed by atoms with Crippen molar-refractivity contribution in [3.8, 4) is 0 Å². The number of hydrogen-bond acceptors (Lipinski definition) is 2. The summed E-state index contributed by atoms with van der Waals surface area (Å²) >= 11 is 0. The van der Waals surface area contributed by atoms with Gasteiger partial charge in [-0.05, 0) is 19.1 Å². The van der Waals surface area contributed by atoms with E-state index in [1.807, 2.05) is 65.1 Å². The van der Waals surface area contributed by atoms with Crippen molar-refractivity contribution in [3.05, 3.63) is 36.2 Å². The summed E-state index contributed by atoms with van der Waals surface area (Å²) in [6, 6.07) is 7.86. The average molecular weight is 218 g/mol. The zero-order valence-electron chi connectivity index (χ0n) is 10.9. The van der Waals surface area contributed by atoms with Gasteiger partial charge in [-0.3, -0.25) is 4.98 Å². The highest BCUT2D eigenvalue weighted by molar-refractivity contribution is 5.92. The quantitative estimate of drug-likeness (QED) is 0.674. The molecule has 0 aliphatic heterocycles. The number of aromatic nitrogens is 1. The van der Waals surface area contributed by atoms with Crippen molar-refractivity contribution in [2.75, 3.05) is 5.73 Å². The van der Waals surface area contributed by atoms with E-state index in [4.69, 9.17) is 5.73 Å². The minimum atomic E-state index is 0.818. The standard InChI is InChI=1S/C10H10N2.2C2H6/c1-7-5-9-8(6-12-7)3-2-4-10(9)11;2*1-2/h2-6H,11H2,1H3;2*1-2H3. The molecular weight excluding hydrogens is 196 g/mol. The molecular formula is C14H22N2. The zero-order valence-corrected chi connectivity index (χ0v) is 10.9. The summed E-state index contributed by atoms with van der Waals surface area (Å²) in [5.41, 5.74) is 7.62. The minimum Gasteiger partial charge on any atom is -0.398 e. The summed E-state index contributed by atoms with van der Waals surface area (Å²) in [7, 11) is 0. The SMILES string of the molecule is CC.CC.Cc1cc2c(N)cccc2cn1. The normalized spacial score (nSPS) is 8.56. The number of fused-ring (bicyclic) bond motifs is 1. The van der Waals surface area contributed by atoms with E-state index in [2.05, 4.69) is 4.98 Å². The van der Waals surface area contributed by atoms with Crippen molar-refractivity contribution in [3.63, 3.8) is 0 Å². The molecule has 2 N–H and O–H groups in total. The Labute approximate surface area is 98.5 Å². The lowest BCUT2D eigenvalue weighted by Crippen LogP contribution is -1.88. The van der Waals surface area contributed by atoms with Crippen LogP contribution < -0.4 is 5.73 Å². The lowest BCUT2D eigenvalue weighted by molar-refractivity contribution is 1.22. The van der Waals surface area contributed by atoms with E-state index in [1.54, 1.807) is 0 Å². The van der Waals surface area contributed by atoms with Gasteiger partial charge in [0.05, 0.1) is 0 Å². The summed E-state index contributed by atoms with van der Waals surface area (Å²) in [5, 5.41) is 2.19. The molecule has 0 atom stereocenters. The van der Waals surface area contributed by atoms with E-state index < -0.39 is 0 Å². The first-order valence-electron chi connectivity index (χ1n) is 5.88. The van der Waals surface area contributed by atoms with Gasteiger partial charge in [0, 0.05) is 28.4 Å². The Morgan fingerprint density at radius 3 is 2.31 bits per heavy atom. The van der Waals surface area contributed by atoms with Crippen molar-refractivity contribution in [1.82, 2.24) is 4.98 Å². The fraction of sp³-hybridized carbons (Fsp3) is 0.357. The van der Waals surface area contributed by atoms with Crippen LogP contribution in [0, 0.1) is 6.92 Å². The Kier molecular flexibility index (Phi) is 6.93. The number of anilines is 1. The molecule has 88 valence electrons. The first-order valence-corrected chi connectivity index (χ1v) is 5.88. The van der Waals surface area contributed by atoms with E-state index >= 15 is 0 Å². The summed E-state index contributed by atoms with van der Waals surface area (Å²) in [6.07, 6.45) is 1.85. The molecule has 1 aromatic heterocycles. The van der Waals surface area contributed by atoms with Gasteiger partial charge < -0.3 is 5.73 Å². The van der Waals surface area contributed by atoms with Crippen molar-refractivity contribution in [2.24, 2.45) is 0 Å². The lowest BCUT2D eigenvalue weighted by atomic mass is 10.1. The second kappa shape index (κ2) is 7.69. The van der Waals surface area contributed by atoms with Gasteiger partial charge in [-0.2, -0.15) is 0 Å². The minimum absolute atomic E-state index is 0.818. The third-order valence-corrected chi connectivity index (χ3v) is 1.93. The second-order valence-electron chi connectivity index (χ2n) is 2.89. The van der Waals surface area contributed by atoms with Crippen molar-refractivity contribution in [1.29, 1.82) is 0 Å². The summed E-state index contributed by atoms with van der Waals surface area (Å²) < 4.78 is 0. The van der Waals surface area contributed by atoms with Gasteiger partial charge in [0.15, 0.2) is 0 Å². The van der Waals surface area contributed by atoms with E-state index in [1.165, 1.54) is 0 Å². The smallest absolute Gasteiger partial charge is 0.0394 e. The number of nitrogens with two attached hydrogens (primary N) is 1. The molecule has 0 unspecified atom stereocenters. The number of benzene rings is 1. The third kappa shape index (κ3) is 3.54. The topological polar surface area (TPSA) is 38.9 Å². The molecule has 0 bridgehead atoms. The van der Waals surface area contributed by atoms with Gasteiger partial charge in [-0.25, -0.2) is 0 Å². The second-order valence-corrected chi connectivity index (χ2v) is 2.89. The first kappa shape index (κ1) is 14.4. The number of pyridine rings is 1. The molecule has 0 saturated heterocycles. The zero-order chi connectivity index (χ0) is 12.6. The molecule has 0 amide bonds. The molecule has 2 aromatic rings. The predicted molar refractivity (Wildman–Crippen MR) is 73.6 cm³/mol. The molecule has 0 spiro atoms. The van der Waals surface area contributed by atoms with Crippen LogP contribution in [0.4, 0.5) is 5.69 Å². The van der Waals surface area contributed by atoms with Gasteiger partial charge >= 0.3 is 0 Å². The van der Waals surface area contributed by atoms with Crippen LogP contribution in [0.15, 0.2) is 30.5 Å². The van der Waals surface area contributed by atoms with Gasteiger partial charge in [0.1, 0.15) is 0 Å². The van der Waals surface area contributed by atoms with Gasteiger partial charge in [-0.1, -0.05) is 39.8 Å². The molecule has 16 heavy (non-hydrogen) atoms. The highest BCUT2D eigenvalue weighted by atomic mass is 14.7. The fourth-order valence-corrected chi connectivity index (χ4v) is 1.30. The average Bonchev–Trinajstić information content (AvgIpc) is 2.35. The van der Waals surface area contributed by atoms with Crippen LogP contribution >= 0.6 is 0 Å². The van der Waals surface area contributed by atoms with E-state index in [-0.39, 0.29) is 0 Å². The number of hydrogen-bond donors (Lipinski definition) is 1. The molecule has 1 heterocycles. The van der Waals surface area contributed by atoms with Gasteiger partial charge in [0.2, 0.25) is 0 Å². The molecule has 2 nitrogen and oxygen atoms in total. The Bertz CT molecular complexity index is 422. The molecule has 2 heteroatoms. The number of nitrogen functional groups attached to an aromatic ring is 1. The molecule has 0 fully saturated rings. The summed E-state index contributed by atoms with van der Waals surface area (Å²) in [5.74, 6) is 0. The van der Waals surface area contributed by atoms with E-state index in [9.17, 15) is 0 Å². The lowest BCUT2D eigenvalue weighted by Gasteiger charge is -2.01. The summed E-state index contributed by atoms with van der Waals surface area (Å²) in [6.45, 7) is 9.96. The van der Waals surface area contributed by atoms with E-state index in [0.29, 0.717) is 0 Å². The maximum Gasteiger partial charge on any atom is 0.0394 e. The Morgan fingerprint density at radius 1 is 1.06 bits per heavy atom. The van der Waals surface area contributed by atoms with Crippen LogP contribution in [0.5, 0.6) is 0 Å². The summed E-state index contributed by atoms with van der Waals surface area (Å²) in [4.78, 5) is 4.19. The van der Waals surface area contributed by atoms with Crippen LogP contribution in [0.25, 0.3) is 10.8 Å². The first-order chi connectivity index (χ1) is 7.77. The maximum atomic E-state index is 5.80. The number of rotatable bonds is 0. The van der Waals surface area contributed by atoms with Crippen LogP contribution in [-0.2, 0) is 0 Å². The monoisotopic (exact) mass is 218 g/mol. The number of nitrogens with zero attached hydrogens (tertiary/aromatic N) is 1. The van der Waals surface area contributed by atoms with Crippen LogP contribution in [0.2, 0.25) is 0 Å². The van der Waals surface area contributed by atoms with Gasteiger partial charge in [0.25, 0.3) is 0 Å². The molecule has 0 radical (unpaired) electrons. The largest absolute Gasteiger partial charge is 0.398 e. The Hall–Kier alpha value is -1.57. The van der Waals surface area contributed by atoms with Crippen molar-refractivity contribution in [2.45, 2.75) is 34.6 Å². The van der Waals surface area contributed by atoms with Gasteiger partial charge in [-0.15, -0.1) is 0 Å². The van der Waals surface area contributed by atoms with E-state index in [0.717, 1.165) is 22.2 Å². The van der Waals surface area contributed by atoms with Crippen molar-refractivity contribution >= 4 is 16.5 Å². The van der Waals surface area contributed by atoms with Crippen molar-refractivity contribution < 1.29 is 0 Å². The molecule has 1 aromatic carbocycles. The molecule has 2 rings (SSSR count). The predicted octanol–water partition coefficient (Wildman–Crippen LogP) is 4.18. The molecule has 0 aliphatic carbocycles. The van der Waals surface area contributed by atoms with Crippen LogP contribution in [0.3, 0.4) is 0 Å². The van der Waals surface area contributed by atoms with Crippen LogP contribution in [-0.4, -0.2) is 4.98 Å². The number of aryl methyl sites for hydroxylation is 1.